The first kappa shape index (κ1) is 17.3. The number of hydrogen-bond acceptors (Lipinski definition) is 2. The Bertz CT molecular complexity index is 856. The van der Waals surface area contributed by atoms with Crippen molar-refractivity contribution in [2.24, 2.45) is 0 Å². The molecular weight excluding hydrogens is 376 g/mol. The molecule has 3 heteroatoms. The molecule has 1 atom stereocenters. The molecule has 0 saturated heterocycles. The predicted molar refractivity (Wildman–Crippen MR) is 103 cm³/mol. The van der Waals surface area contributed by atoms with E-state index in [0.29, 0.717) is 11.1 Å². The van der Waals surface area contributed by atoms with Crippen LogP contribution in [0.2, 0.25) is 0 Å². The van der Waals surface area contributed by atoms with Crippen LogP contribution in [0.4, 0.5) is 0 Å². The van der Waals surface area contributed by atoms with E-state index in [2.05, 4.69) is 15.9 Å². The SMILES string of the molecule is O=C(CC(C(=O)c1ccccc1)c1ccc(Br)cc1)c1ccccc1. The normalized spacial score (nSPS) is 11.7. The molecule has 3 aromatic rings. The Balaban J connectivity index is 1.93. The summed E-state index contributed by atoms with van der Waals surface area (Å²) in [6.07, 6.45) is 0.152. The van der Waals surface area contributed by atoms with E-state index in [9.17, 15) is 9.59 Å². The van der Waals surface area contributed by atoms with E-state index in [1.807, 2.05) is 60.7 Å². The van der Waals surface area contributed by atoms with E-state index >= 15 is 0 Å². The Kier molecular flexibility index (Phi) is 5.56. The van der Waals surface area contributed by atoms with Gasteiger partial charge in [-0.25, -0.2) is 0 Å². The summed E-state index contributed by atoms with van der Waals surface area (Å²) in [6.45, 7) is 0. The Morgan fingerprint density at radius 2 is 1.24 bits per heavy atom. The maximum absolute atomic E-state index is 13.0. The van der Waals surface area contributed by atoms with Gasteiger partial charge in [0, 0.05) is 22.0 Å². The highest BCUT2D eigenvalue weighted by Gasteiger charge is 2.25. The van der Waals surface area contributed by atoms with Crippen molar-refractivity contribution in [1.82, 2.24) is 0 Å². The second-order valence-corrected chi connectivity index (χ2v) is 6.74. The molecule has 0 radical (unpaired) electrons. The molecule has 3 rings (SSSR count). The second kappa shape index (κ2) is 8.04. The van der Waals surface area contributed by atoms with Crippen molar-refractivity contribution in [3.63, 3.8) is 0 Å². The molecule has 2 nitrogen and oxygen atoms in total. The van der Waals surface area contributed by atoms with Gasteiger partial charge in [-0.3, -0.25) is 9.59 Å². The molecule has 0 heterocycles. The van der Waals surface area contributed by atoms with Gasteiger partial charge < -0.3 is 0 Å². The van der Waals surface area contributed by atoms with Crippen molar-refractivity contribution in [3.8, 4) is 0 Å². The highest BCUT2D eigenvalue weighted by molar-refractivity contribution is 9.10. The minimum atomic E-state index is -0.497. The fourth-order valence-electron chi connectivity index (χ4n) is 2.79. The fraction of sp³-hybridized carbons (Fsp3) is 0.0909. The van der Waals surface area contributed by atoms with Crippen LogP contribution in [0.15, 0.2) is 89.4 Å². The zero-order chi connectivity index (χ0) is 17.6. The highest BCUT2D eigenvalue weighted by Crippen LogP contribution is 2.27. The van der Waals surface area contributed by atoms with Crippen LogP contribution in [0, 0.1) is 0 Å². The molecule has 25 heavy (non-hydrogen) atoms. The van der Waals surface area contributed by atoms with Crippen LogP contribution < -0.4 is 0 Å². The summed E-state index contributed by atoms with van der Waals surface area (Å²) in [6, 6.07) is 25.8. The molecule has 124 valence electrons. The third kappa shape index (κ3) is 4.31. The van der Waals surface area contributed by atoms with Crippen LogP contribution in [0.25, 0.3) is 0 Å². The van der Waals surface area contributed by atoms with E-state index in [-0.39, 0.29) is 18.0 Å². The van der Waals surface area contributed by atoms with Crippen LogP contribution in [-0.4, -0.2) is 11.6 Å². The zero-order valence-electron chi connectivity index (χ0n) is 13.6. The average Bonchev–Trinajstić information content (AvgIpc) is 2.67. The van der Waals surface area contributed by atoms with Gasteiger partial charge in [-0.2, -0.15) is 0 Å². The molecule has 0 fully saturated rings. The minimum absolute atomic E-state index is 0.0298. The van der Waals surface area contributed by atoms with E-state index in [0.717, 1.165) is 10.0 Å². The molecule has 3 aromatic carbocycles. The Labute approximate surface area is 155 Å². The summed E-state index contributed by atoms with van der Waals surface area (Å²) in [7, 11) is 0. The quantitative estimate of drug-likeness (QED) is 0.505. The van der Waals surface area contributed by atoms with Crippen LogP contribution in [0.3, 0.4) is 0 Å². The second-order valence-electron chi connectivity index (χ2n) is 5.83. The topological polar surface area (TPSA) is 34.1 Å². The summed E-state index contributed by atoms with van der Waals surface area (Å²) < 4.78 is 0.941. The smallest absolute Gasteiger partial charge is 0.170 e. The lowest BCUT2D eigenvalue weighted by Crippen LogP contribution is -2.17. The summed E-state index contributed by atoms with van der Waals surface area (Å²) in [5, 5.41) is 0. The first-order chi connectivity index (χ1) is 12.1. The van der Waals surface area contributed by atoms with Crippen molar-refractivity contribution in [3.05, 3.63) is 106 Å². The molecule has 0 bridgehead atoms. The average molecular weight is 393 g/mol. The van der Waals surface area contributed by atoms with Crippen molar-refractivity contribution in [1.29, 1.82) is 0 Å². The highest BCUT2D eigenvalue weighted by atomic mass is 79.9. The number of benzene rings is 3. The number of carbonyl (C=O) groups is 2. The van der Waals surface area contributed by atoms with Crippen molar-refractivity contribution in [2.75, 3.05) is 0 Å². The number of Topliss-reactive ketones (excluding diaryl/α,β-unsaturated/α-hetero) is 2. The van der Waals surface area contributed by atoms with Crippen molar-refractivity contribution in [2.45, 2.75) is 12.3 Å². The van der Waals surface area contributed by atoms with Crippen molar-refractivity contribution < 1.29 is 9.59 Å². The van der Waals surface area contributed by atoms with Gasteiger partial charge in [0.25, 0.3) is 0 Å². The van der Waals surface area contributed by atoms with Gasteiger partial charge in [0.15, 0.2) is 11.6 Å². The summed E-state index contributed by atoms with van der Waals surface area (Å²) in [5.74, 6) is -0.562. The minimum Gasteiger partial charge on any atom is -0.294 e. The Morgan fingerprint density at radius 3 is 1.80 bits per heavy atom. The van der Waals surface area contributed by atoms with Crippen LogP contribution >= 0.6 is 15.9 Å². The number of carbonyl (C=O) groups excluding carboxylic acids is 2. The molecule has 0 amide bonds. The molecular formula is C22H17BrO2. The number of rotatable bonds is 6. The van der Waals surface area contributed by atoms with Crippen LogP contribution in [0.1, 0.15) is 38.6 Å². The predicted octanol–water partition coefficient (Wildman–Crippen LogP) is 5.69. The largest absolute Gasteiger partial charge is 0.294 e. The van der Waals surface area contributed by atoms with E-state index < -0.39 is 5.92 Å². The summed E-state index contributed by atoms with van der Waals surface area (Å²) in [4.78, 5) is 25.7. The monoisotopic (exact) mass is 392 g/mol. The summed E-state index contributed by atoms with van der Waals surface area (Å²) >= 11 is 3.41. The molecule has 0 spiro atoms. The first-order valence-corrected chi connectivity index (χ1v) is 8.87. The Hall–Kier alpha value is -2.52. The fourth-order valence-corrected chi connectivity index (χ4v) is 3.05. The first-order valence-electron chi connectivity index (χ1n) is 8.08. The van der Waals surface area contributed by atoms with Gasteiger partial charge in [-0.15, -0.1) is 0 Å². The van der Waals surface area contributed by atoms with Crippen LogP contribution in [0.5, 0.6) is 0 Å². The third-order valence-corrected chi connectivity index (χ3v) is 4.66. The van der Waals surface area contributed by atoms with E-state index in [4.69, 9.17) is 0 Å². The Morgan fingerprint density at radius 1 is 0.720 bits per heavy atom. The molecule has 0 aliphatic carbocycles. The molecule has 0 saturated carbocycles. The molecule has 0 aliphatic heterocycles. The standard InChI is InChI=1S/C22H17BrO2/c23-19-13-11-16(12-14-19)20(22(25)18-9-5-2-6-10-18)15-21(24)17-7-3-1-4-8-17/h1-14,20H,15H2. The van der Waals surface area contributed by atoms with Crippen molar-refractivity contribution >= 4 is 27.5 Å². The van der Waals surface area contributed by atoms with Gasteiger partial charge >= 0.3 is 0 Å². The lowest BCUT2D eigenvalue weighted by atomic mass is 9.85. The third-order valence-electron chi connectivity index (χ3n) is 4.13. The molecule has 0 N–H and O–H groups in total. The van der Waals surface area contributed by atoms with Gasteiger partial charge in [0.05, 0.1) is 5.92 Å². The number of ketones is 2. The van der Waals surface area contributed by atoms with Gasteiger partial charge in [0.1, 0.15) is 0 Å². The van der Waals surface area contributed by atoms with Gasteiger partial charge in [0.2, 0.25) is 0 Å². The maximum atomic E-state index is 13.0. The lowest BCUT2D eigenvalue weighted by Gasteiger charge is -2.16. The van der Waals surface area contributed by atoms with Gasteiger partial charge in [-0.1, -0.05) is 88.7 Å². The molecule has 1 unspecified atom stereocenters. The summed E-state index contributed by atoms with van der Waals surface area (Å²) in [5.41, 5.74) is 2.10. The lowest BCUT2D eigenvalue weighted by molar-refractivity contribution is 0.0893. The molecule has 0 aromatic heterocycles. The number of halogens is 1. The maximum Gasteiger partial charge on any atom is 0.170 e. The van der Waals surface area contributed by atoms with Gasteiger partial charge in [-0.05, 0) is 17.7 Å². The van der Waals surface area contributed by atoms with E-state index in [1.54, 1.807) is 24.3 Å². The van der Waals surface area contributed by atoms with Crippen LogP contribution in [-0.2, 0) is 0 Å². The number of hydrogen-bond donors (Lipinski definition) is 0. The zero-order valence-corrected chi connectivity index (χ0v) is 15.1. The molecule has 0 aliphatic rings. The van der Waals surface area contributed by atoms with E-state index in [1.165, 1.54) is 0 Å².